The summed E-state index contributed by atoms with van der Waals surface area (Å²) in [4.78, 5) is 0. The molecular formula is C14H19F2NO5S. The van der Waals surface area contributed by atoms with Gasteiger partial charge >= 0.3 is 5.25 Å². The summed E-state index contributed by atoms with van der Waals surface area (Å²) < 4.78 is 63.8. The number of ether oxygens (including phenoxy) is 2. The van der Waals surface area contributed by atoms with E-state index in [1.54, 1.807) is 6.92 Å². The van der Waals surface area contributed by atoms with Crippen LogP contribution in [0.3, 0.4) is 0 Å². The Bertz CT molecular complexity index is 615. The number of aliphatic hydroxyl groups is 1. The lowest BCUT2D eigenvalue weighted by Crippen LogP contribution is -2.50. The first-order chi connectivity index (χ1) is 10.8. The summed E-state index contributed by atoms with van der Waals surface area (Å²) in [7, 11) is -4.99. The summed E-state index contributed by atoms with van der Waals surface area (Å²) >= 11 is 0. The minimum absolute atomic E-state index is 0.0501. The monoisotopic (exact) mass is 351 g/mol. The van der Waals surface area contributed by atoms with E-state index in [0.717, 1.165) is 0 Å². The van der Waals surface area contributed by atoms with Crippen molar-refractivity contribution >= 4 is 10.0 Å². The second kappa shape index (κ2) is 7.08. The fraction of sp³-hybridized carbons (Fsp3) is 0.571. The van der Waals surface area contributed by atoms with Crippen LogP contribution in [0.4, 0.5) is 8.78 Å². The molecule has 1 aromatic carbocycles. The van der Waals surface area contributed by atoms with Crippen molar-refractivity contribution in [2.24, 2.45) is 0 Å². The van der Waals surface area contributed by atoms with E-state index in [-0.39, 0.29) is 31.9 Å². The molecule has 0 aliphatic carbocycles. The van der Waals surface area contributed by atoms with Gasteiger partial charge in [-0.1, -0.05) is 12.1 Å². The van der Waals surface area contributed by atoms with Gasteiger partial charge in [-0.05, 0) is 24.6 Å². The molecule has 0 aromatic heterocycles. The number of hydrogen-bond acceptors (Lipinski definition) is 5. The smallest absolute Gasteiger partial charge is 0.388 e. The first-order valence-corrected chi connectivity index (χ1v) is 8.60. The van der Waals surface area contributed by atoms with Crippen LogP contribution in [-0.4, -0.2) is 56.0 Å². The maximum Gasteiger partial charge on any atom is 0.388 e. The lowest BCUT2D eigenvalue weighted by molar-refractivity contribution is -0.0498. The topological polar surface area (TPSA) is 76.1 Å². The highest BCUT2D eigenvalue weighted by Gasteiger charge is 2.55. The second-order valence-electron chi connectivity index (χ2n) is 4.98. The summed E-state index contributed by atoms with van der Waals surface area (Å²) in [5, 5.41) is 5.57. The van der Waals surface area contributed by atoms with E-state index in [9.17, 15) is 22.3 Å². The van der Waals surface area contributed by atoms with Crippen LogP contribution in [-0.2, 0) is 14.8 Å². The van der Waals surface area contributed by atoms with Gasteiger partial charge in [0.05, 0.1) is 19.8 Å². The maximum atomic E-state index is 14.4. The van der Waals surface area contributed by atoms with Crippen LogP contribution in [0, 0.1) is 0 Å². The number of sulfonamides is 1. The number of rotatable bonds is 6. The molecule has 0 radical (unpaired) electrons. The van der Waals surface area contributed by atoms with Crippen LogP contribution in [0.5, 0.6) is 5.75 Å². The quantitative estimate of drug-likeness (QED) is 0.838. The molecular weight excluding hydrogens is 332 g/mol. The van der Waals surface area contributed by atoms with E-state index < -0.39 is 21.4 Å². The number of halogens is 2. The van der Waals surface area contributed by atoms with Crippen LogP contribution in [0.25, 0.3) is 0 Å². The summed E-state index contributed by atoms with van der Waals surface area (Å²) in [6.07, 6.45) is -2.47. The number of benzene rings is 1. The summed E-state index contributed by atoms with van der Waals surface area (Å²) in [6, 6.07) is 5.25. The third-order valence-electron chi connectivity index (χ3n) is 3.48. The van der Waals surface area contributed by atoms with E-state index in [0.29, 0.717) is 16.7 Å². The number of nitrogens with zero attached hydrogens (tertiary/aromatic N) is 1. The first-order valence-electron chi connectivity index (χ1n) is 7.16. The molecule has 0 amide bonds. The zero-order valence-corrected chi connectivity index (χ0v) is 13.4. The molecule has 1 aliphatic heterocycles. The third kappa shape index (κ3) is 3.63. The Morgan fingerprint density at radius 2 is 1.87 bits per heavy atom. The fourth-order valence-corrected chi connectivity index (χ4v) is 3.60. The Hall–Kier alpha value is -1.29. The Kier molecular flexibility index (Phi) is 5.56. The zero-order chi connectivity index (χ0) is 17.1. The molecule has 0 saturated carbocycles. The van der Waals surface area contributed by atoms with Crippen LogP contribution < -0.4 is 4.74 Å². The van der Waals surface area contributed by atoms with Crippen molar-refractivity contribution in [1.29, 1.82) is 0 Å². The largest absolute Gasteiger partial charge is 0.494 e. The minimum Gasteiger partial charge on any atom is -0.494 e. The molecule has 2 rings (SSSR count). The third-order valence-corrected chi connectivity index (χ3v) is 5.44. The Morgan fingerprint density at radius 3 is 2.39 bits per heavy atom. The van der Waals surface area contributed by atoms with Gasteiger partial charge in [-0.2, -0.15) is 13.1 Å². The van der Waals surface area contributed by atoms with Gasteiger partial charge in [-0.25, -0.2) is 8.42 Å². The molecule has 1 heterocycles. The van der Waals surface area contributed by atoms with Gasteiger partial charge in [0.2, 0.25) is 0 Å². The maximum absolute atomic E-state index is 14.4. The molecule has 0 bridgehead atoms. The first kappa shape index (κ1) is 18.1. The molecule has 9 heteroatoms. The Labute approximate surface area is 133 Å². The van der Waals surface area contributed by atoms with E-state index in [1.165, 1.54) is 24.3 Å². The molecule has 1 N–H and O–H groups in total. The van der Waals surface area contributed by atoms with E-state index >= 15 is 0 Å². The van der Waals surface area contributed by atoms with Crippen LogP contribution >= 0.6 is 0 Å². The van der Waals surface area contributed by atoms with Crippen molar-refractivity contribution in [3.8, 4) is 5.75 Å². The highest BCUT2D eigenvalue weighted by Crippen LogP contribution is 2.38. The van der Waals surface area contributed by atoms with Gasteiger partial charge in [0, 0.05) is 13.1 Å². The molecule has 0 spiro atoms. The van der Waals surface area contributed by atoms with E-state index in [1.807, 2.05) is 0 Å². The predicted molar refractivity (Wildman–Crippen MR) is 78.8 cm³/mol. The van der Waals surface area contributed by atoms with Gasteiger partial charge in [-0.15, -0.1) is 0 Å². The van der Waals surface area contributed by atoms with Crippen molar-refractivity contribution in [3.05, 3.63) is 29.8 Å². The van der Waals surface area contributed by atoms with Crippen molar-refractivity contribution in [2.75, 3.05) is 32.9 Å². The van der Waals surface area contributed by atoms with Gasteiger partial charge in [-0.3, -0.25) is 0 Å². The molecule has 1 atom stereocenters. The summed E-state index contributed by atoms with van der Waals surface area (Å²) in [5.74, 6) is 0.447. The Morgan fingerprint density at radius 1 is 1.30 bits per heavy atom. The van der Waals surface area contributed by atoms with Gasteiger partial charge in [0.1, 0.15) is 5.75 Å². The number of alkyl halides is 2. The predicted octanol–water partition coefficient (Wildman–Crippen LogP) is 1.37. The molecule has 6 nitrogen and oxygen atoms in total. The van der Waals surface area contributed by atoms with E-state index in [2.05, 4.69) is 0 Å². The Balaban J connectivity index is 2.22. The minimum atomic E-state index is -4.99. The highest BCUT2D eigenvalue weighted by molar-refractivity contribution is 7.90. The average Bonchev–Trinajstić information content (AvgIpc) is 2.56. The van der Waals surface area contributed by atoms with Crippen molar-refractivity contribution < 1.29 is 31.8 Å². The normalized spacial score (nSPS) is 18.6. The van der Waals surface area contributed by atoms with Gasteiger partial charge in [0.25, 0.3) is 10.0 Å². The average molecular weight is 351 g/mol. The molecule has 1 aromatic rings. The van der Waals surface area contributed by atoms with Crippen molar-refractivity contribution in [2.45, 2.75) is 18.3 Å². The molecule has 1 unspecified atom stereocenters. The van der Waals surface area contributed by atoms with Crippen LogP contribution in [0.1, 0.15) is 18.6 Å². The number of aliphatic hydroxyl groups excluding tert-OH is 1. The SMILES string of the molecule is CCOc1ccc(C(O)C(F)(F)S(=O)(=O)N2CCOCC2)cc1. The lowest BCUT2D eigenvalue weighted by Gasteiger charge is -2.31. The van der Waals surface area contributed by atoms with Gasteiger partial charge in [0.15, 0.2) is 6.10 Å². The second-order valence-corrected chi connectivity index (χ2v) is 6.99. The standard InChI is InChI=1S/C14H19F2NO5S/c1-2-22-12-5-3-11(4-6-12)13(18)14(15,16)23(19,20)17-7-9-21-10-8-17/h3-6,13,18H,2,7-10H2,1H3. The zero-order valence-electron chi connectivity index (χ0n) is 12.6. The van der Waals surface area contributed by atoms with Gasteiger partial charge < -0.3 is 14.6 Å². The molecule has 23 heavy (non-hydrogen) atoms. The molecule has 1 fully saturated rings. The summed E-state index contributed by atoms with van der Waals surface area (Å²) in [6.45, 7) is 1.96. The van der Waals surface area contributed by atoms with Crippen molar-refractivity contribution in [3.63, 3.8) is 0 Å². The van der Waals surface area contributed by atoms with E-state index in [4.69, 9.17) is 9.47 Å². The van der Waals surface area contributed by atoms with Crippen molar-refractivity contribution in [1.82, 2.24) is 4.31 Å². The molecule has 1 saturated heterocycles. The summed E-state index contributed by atoms with van der Waals surface area (Å²) in [5.41, 5.74) is -0.199. The fourth-order valence-electron chi connectivity index (χ4n) is 2.21. The molecule has 1 aliphatic rings. The molecule has 130 valence electrons. The van der Waals surface area contributed by atoms with Crippen LogP contribution in [0.15, 0.2) is 24.3 Å². The highest BCUT2D eigenvalue weighted by atomic mass is 32.2. The number of hydrogen-bond donors (Lipinski definition) is 1. The van der Waals surface area contributed by atoms with Crippen LogP contribution in [0.2, 0.25) is 0 Å². The number of morpholine rings is 1. The lowest BCUT2D eigenvalue weighted by atomic mass is 10.1.